The molecule has 5 aliphatic carbocycles. The van der Waals surface area contributed by atoms with Gasteiger partial charge in [0, 0.05) is 62.2 Å². The SMILES string of the molecule is C1=CC2c3ccccc3OC2C(C2=CC=C(N(c3ccccc3)C3C=C(c4cccc(C5C=C(N(C6=CCCC=C6)c6ccc(-c7cccc8c7oc7ccccc78)cc6)C=CC5)c4)C=CC3)CC2)=C1. The van der Waals surface area contributed by atoms with Gasteiger partial charge in [-0.3, -0.25) is 0 Å². The van der Waals surface area contributed by atoms with Crippen LogP contribution in [0.2, 0.25) is 0 Å². The van der Waals surface area contributed by atoms with Crippen molar-refractivity contribution in [2.24, 2.45) is 0 Å². The fraction of sp³-hybridized carbons (Fsp3) is 0.152. The Kier molecular flexibility index (Phi) is 10.9. The van der Waals surface area contributed by atoms with Crippen LogP contribution < -0.4 is 14.5 Å². The summed E-state index contributed by atoms with van der Waals surface area (Å²) in [7, 11) is 0. The molecule has 0 saturated carbocycles. The molecule has 7 aromatic rings. The zero-order valence-corrected chi connectivity index (χ0v) is 39.2. The van der Waals surface area contributed by atoms with Crippen LogP contribution in [-0.2, 0) is 0 Å². The van der Waals surface area contributed by atoms with Gasteiger partial charge in [-0.15, -0.1) is 0 Å². The Morgan fingerprint density at radius 1 is 0.586 bits per heavy atom. The highest BCUT2D eigenvalue weighted by molar-refractivity contribution is 6.09. The van der Waals surface area contributed by atoms with E-state index in [1.165, 1.54) is 56.2 Å². The lowest BCUT2D eigenvalue weighted by atomic mass is 9.82. The molecule has 0 N–H and O–H groups in total. The third kappa shape index (κ3) is 7.74. The van der Waals surface area contributed by atoms with Gasteiger partial charge in [0.15, 0.2) is 0 Å². The van der Waals surface area contributed by atoms with Gasteiger partial charge in [0.2, 0.25) is 0 Å². The third-order valence-corrected chi connectivity index (χ3v) is 15.0. The molecule has 0 saturated heterocycles. The zero-order chi connectivity index (χ0) is 46.4. The van der Waals surface area contributed by atoms with E-state index in [2.05, 4.69) is 234 Å². The third-order valence-electron chi connectivity index (χ3n) is 15.0. The molecule has 4 heteroatoms. The van der Waals surface area contributed by atoms with Gasteiger partial charge in [-0.05, 0) is 127 Å². The number of hydrogen-bond acceptors (Lipinski definition) is 4. The minimum atomic E-state index is 0.0326. The standard InChI is InChI=1S/C66H54N2O2/c1-3-20-51(21-4-1)67(53-38-34-45(35-39-53)57-28-14-30-61-59-26-7-9-32-63(59)69-65(57)61)55-24-12-18-49(43-55)47-16-11-17-48(42-47)50-19-13-25-56(44-50)68(52-22-5-2-6-23-52)54-40-36-46(37-41-54)58-29-15-31-62-60-27-8-10-33-64(60)70-66(58)62/h1,3-5,7-18,20-23,25-34,36-38,40-44,50,55,61,65H,2,6,19,24,35,39H2. The second-order valence-corrected chi connectivity index (χ2v) is 19.2. The Bertz CT molecular complexity index is 3490. The molecular formula is C66H54N2O2. The largest absolute Gasteiger partial charge is 0.484 e. The Morgan fingerprint density at radius 3 is 2.30 bits per heavy atom. The van der Waals surface area contributed by atoms with E-state index in [-0.39, 0.29) is 24.0 Å². The highest BCUT2D eigenvalue weighted by Crippen LogP contribution is 2.47. The van der Waals surface area contributed by atoms with E-state index >= 15 is 0 Å². The van der Waals surface area contributed by atoms with Gasteiger partial charge >= 0.3 is 0 Å². The molecule has 0 amide bonds. The molecule has 2 heterocycles. The lowest BCUT2D eigenvalue weighted by Crippen LogP contribution is -2.34. The van der Waals surface area contributed by atoms with Crippen LogP contribution in [0.5, 0.6) is 5.75 Å². The van der Waals surface area contributed by atoms with E-state index in [0.717, 1.165) is 83.0 Å². The Balaban J connectivity index is 0.781. The molecule has 1 aromatic heterocycles. The van der Waals surface area contributed by atoms with Crippen LogP contribution in [0.3, 0.4) is 0 Å². The normalized spacial score (nSPS) is 21.2. The zero-order valence-electron chi connectivity index (χ0n) is 39.2. The average Bonchev–Trinajstić information content (AvgIpc) is 4.02. The summed E-state index contributed by atoms with van der Waals surface area (Å²) in [6, 6.07) is 52.7. The summed E-state index contributed by atoms with van der Waals surface area (Å²) >= 11 is 0. The van der Waals surface area contributed by atoms with Crippen LogP contribution in [0.15, 0.2) is 263 Å². The first kappa shape index (κ1) is 42.1. The molecule has 0 radical (unpaired) electrons. The van der Waals surface area contributed by atoms with Crippen molar-refractivity contribution in [3.63, 3.8) is 0 Å². The highest BCUT2D eigenvalue weighted by Gasteiger charge is 2.38. The maximum Gasteiger partial charge on any atom is 0.143 e. The average molecular weight is 907 g/mol. The summed E-state index contributed by atoms with van der Waals surface area (Å²) in [5.74, 6) is 1.50. The Morgan fingerprint density at radius 2 is 1.41 bits per heavy atom. The van der Waals surface area contributed by atoms with E-state index in [9.17, 15) is 0 Å². The quantitative estimate of drug-likeness (QED) is 0.137. The summed E-state index contributed by atoms with van der Waals surface area (Å²) < 4.78 is 13.0. The van der Waals surface area contributed by atoms with Crippen molar-refractivity contribution >= 4 is 38.9 Å². The Hall–Kier alpha value is -8.08. The molecule has 4 unspecified atom stereocenters. The monoisotopic (exact) mass is 906 g/mol. The summed E-state index contributed by atoms with van der Waals surface area (Å²) in [5.41, 5.74) is 18.0. The molecule has 6 aliphatic rings. The number of hydrogen-bond donors (Lipinski definition) is 0. The van der Waals surface area contributed by atoms with Gasteiger partial charge in [-0.25, -0.2) is 0 Å². The first-order valence-electron chi connectivity index (χ1n) is 25.1. The number of furan rings is 1. The van der Waals surface area contributed by atoms with Crippen LogP contribution in [0.1, 0.15) is 67.1 Å². The minimum absolute atomic E-state index is 0.0326. The molecule has 0 spiro atoms. The van der Waals surface area contributed by atoms with Crippen molar-refractivity contribution in [1.82, 2.24) is 0 Å². The fourth-order valence-corrected chi connectivity index (χ4v) is 11.6. The number of nitrogens with zero attached hydrogens (tertiary/aromatic N) is 2. The van der Waals surface area contributed by atoms with Gasteiger partial charge in [0.1, 0.15) is 23.0 Å². The van der Waals surface area contributed by atoms with Gasteiger partial charge in [-0.2, -0.15) is 0 Å². The van der Waals surface area contributed by atoms with Crippen LogP contribution >= 0.6 is 0 Å². The van der Waals surface area contributed by atoms with Crippen molar-refractivity contribution < 1.29 is 9.15 Å². The molecular weight excluding hydrogens is 853 g/mol. The van der Waals surface area contributed by atoms with E-state index in [1.807, 2.05) is 6.07 Å². The molecule has 6 aromatic carbocycles. The number of fused-ring (bicyclic) bond motifs is 6. The van der Waals surface area contributed by atoms with Gasteiger partial charge in [0.05, 0.1) is 6.04 Å². The van der Waals surface area contributed by atoms with E-state index in [1.54, 1.807) is 0 Å². The second-order valence-electron chi connectivity index (χ2n) is 19.2. The summed E-state index contributed by atoms with van der Waals surface area (Å²) in [5, 5.41) is 2.30. The minimum Gasteiger partial charge on any atom is -0.484 e. The molecule has 70 heavy (non-hydrogen) atoms. The van der Waals surface area contributed by atoms with Crippen molar-refractivity contribution in [2.75, 3.05) is 9.80 Å². The summed E-state index contributed by atoms with van der Waals surface area (Å²) in [4.78, 5) is 5.01. The van der Waals surface area contributed by atoms with E-state index in [0.29, 0.717) is 0 Å². The molecule has 13 rings (SSSR count). The number of anilines is 2. The lowest BCUT2D eigenvalue weighted by molar-refractivity contribution is 0.257. The van der Waals surface area contributed by atoms with Crippen molar-refractivity contribution in [1.29, 1.82) is 0 Å². The first-order valence-corrected chi connectivity index (χ1v) is 25.1. The first-order chi connectivity index (χ1) is 34.7. The van der Waals surface area contributed by atoms with Crippen molar-refractivity contribution in [3.05, 3.63) is 276 Å². The van der Waals surface area contributed by atoms with Crippen LogP contribution in [-0.4, -0.2) is 12.1 Å². The smallest absolute Gasteiger partial charge is 0.143 e. The fourth-order valence-electron chi connectivity index (χ4n) is 11.6. The van der Waals surface area contributed by atoms with Crippen LogP contribution in [0.4, 0.5) is 11.4 Å². The predicted octanol–water partition coefficient (Wildman–Crippen LogP) is 16.8. The topological polar surface area (TPSA) is 28.9 Å². The molecule has 1 aliphatic heterocycles. The van der Waals surface area contributed by atoms with Gasteiger partial charge in [0.25, 0.3) is 0 Å². The summed E-state index contributed by atoms with van der Waals surface area (Å²) in [6.45, 7) is 0. The van der Waals surface area contributed by atoms with Crippen LogP contribution in [0, 0.1) is 0 Å². The maximum absolute atomic E-state index is 6.59. The number of para-hydroxylation sites is 4. The number of ether oxygens (including phenoxy) is 1. The number of allylic oxidation sites excluding steroid dienone is 13. The van der Waals surface area contributed by atoms with Gasteiger partial charge < -0.3 is 19.0 Å². The molecule has 4 nitrogen and oxygen atoms in total. The molecule has 4 atom stereocenters. The number of benzene rings is 6. The number of rotatable bonds is 10. The molecule has 0 bridgehead atoms. The highest BCUT2D eigenvalue weighted by atomic mass is 16.5. The van der Waals surface area contributed by atoms with Crippen LogP contribution in [0.25, 0.3) is 38.6 Å². The summed E-state index contributed by atoms with van der Waals surface area (Å²) in [6.07, 6.45) is 38.8. The van der Waals surface area contributed by atoms with E-state index < -0.39 is 0 Å². The van der Waals surface area contributed by atoms with Gasteiger partial charge in [-0.1, -0.05) is 176 Å². The Labute approximate surface area is 410 Å². The predicted molar refractivity (Wildman–Crippen MR) is 290 cm³/mol. The molecule has 340 valence electrons. The van der Waals surface area contributed by atoms with Crippen molar-refractivity contribution in [2.45, 2.75) is 62.5 Å². The maximum atomic E-state index is 6.59. The lowest BCUT2D eigenvalue weighted by Gasteiger charge is -2.37. The van der Waals surface area contributed by atoms with E-state index in [4.69, 9.17) is 9.15 Å². The van der Waals surface area contributed by atoms with Crippen molar-refractivity contribution in [3.8, 4) is 16.9 Å². The second kappa shape index (κ2) is 18.1. The molecule has 0 fully saturated rings.